The molecule has 2 aliphatic carbocycles. The molecule has 680 valence electrons. The van der Waals surface area contributed by atoms with Gasteiger partial charge in [-0.05, 0) is 118 Å². The first kappa shape index (κ1) is 137. The highest BCUT2D eigenvalue weighted by atomic mass is 14.4. The molecule has 0 saturated heterocycles. The normalized spacial score (nSPS) is 11.7. The molecule has 0 N–H and O–H groups in total. The predicted octanol–water partition coefficient (Wildman–Crippen LogP) is 42.1. The molecule has 0 spiro atoms. The molecule has 0 bridgehead atoms. The molecule has 0 aromatic heterocycles. The van der Waals surface area contributed by atoms with Gasteiger partial charge in [0.25, 0.3) is 0 Å². The van der Waals surface area contributed by atoms with Gasteiger partial charge >= 0.3 is 0 Å². The molecule has 2 saturated carbocycles. The second-order valence-corrected chi connectivity index (χ2v) is 28.8. The third-order valence-electron chi connectivity index (χ3n) is 15.7. The van der Waals surface area contributed by atoms with Gasteiger partial charge < -0.3 is 0 Å². The molecule has 10 aromatic carbocycles. The van der Waals surface area contributed by atoms with E-state index in [1.54, 1.807) is 0 Å². The molecule has 2 fully saturated rings. The van der Waals surface area contributed by atoms with Crippen molar-refractivity contribution in [3.63, 3.8) is 0 Å². The number of hydrogen-bond acceptors (Lipinski definition) is 0. The van der Waals surface area contributed by atoms with Crippen molar-refractivity contribution in [1.82, 2.24) is 0 Å². The van der Waals surface area contributed by atoms with Gasteiger partial charge in [0.05, 0.1) is 0 Å². The summed E-state index contributed by atoms with van der Waals surface area (Å²) >= 11 is 0. The zero-order valence-corrected chi connectivity index (χ0v) is 87.5. The molecule has 0 aliphatic heterocycles. The van der Waals surface area contributed by atoms with E-state index in [1.165, 1.54) is 126 Å². The molecule has 2 aliphatic rings. The zero-order valence-electron chi connectivity index (χ0n) is 87.5. The van der Waals surface area contributed by atoms with Crippen LogP contribution in [0.4, 0.5) is 0 Å². The fourth-order valence-electron chi connectivity index (χ4n) is 10.5. The lowest BCUT2D eigenvalue weighted by Gasteiger charge is -2.42. The van der Waals surface area contributed by atoms with Crippen molar-refractivity contribution < 1.29 is 0 Å². The van der Waals surface area contributed by atoms with Gasteiger partial charge in [0.15, 0.2) is 0 Å². The van der Waals surface area contributed by atoms with Gasteiger partial charge in [-0.15, -0.1) is 0 Å². The summed E-state index contributed by atoms with van der Waals surface area (Å²) in [6, 6.07) is 100. The van der Waals surface area contributed by atoms with Gasteiger partial charge in [0.1, 0.15) is 0 Å². The van der Waals surface area contributed by atoms with Crippen LogP contribution in [0.5, 0.6) is 0 Å². The quantitative estimate of drug-likeness (QED) is 0.161. The van der Waals surface area contributed by atoms with Crippen LogP contribution in [0, 0.1) is 36.0 Å². The van der Waals surface area contributed by atoms with Crippen molar-refractivity contribution in [2.45, 2.75) is 387 Å². The van der Waals surface area contributed by atoms with Crippen LogP contribution in [0.25, 0.3) is 21.9 Å². The number of aryl methyl sites for hydroxylation is 3. The van der Waals surface area contributed by atoms with E-state index in [0.29, 0.717) is 21.7 Å². The highest BCUT2D eigenvalue weighted by Crippen LogP contribution is 2.47. The van der Waals surface area contributed by atoms with Crippen LogP contribution < -0.4 is 0 Å². The summed E-state index contributed by atoms with van der Waals surface area (Å²) in [7, 11) is 0. The van der Waals surface area contributed by atoms with Gasteiger partial charge in [0.2, 0.25) is 0 Å². The zero-order chi connectivity index (χ0) is 94.5. The Kier molecular flexibility index (Phi) is 125. The van der Waals surface area contributed by atoms with Crippen LogP contribution in [0.1, 0.15) is 388 Å². The molecule has 0 heteroatoms. The Balaban J connectivity index is -0.000000104. The van der Waals surface area contributed by atoms with E-state index in [1.807, 2.05) is 235 Å². The maximum atomic E-state index is 2.45. The maximum Gasteiger partial charge on any atom is -0.00258 e. The predicted molar refractivity (Wildman–Crippen MR) is 566 cm³/mol. The summed E-state index contributed by atoms with van der Waals surface area (Å²) in [6.07, 6.45) is 18.0. The first-order valence-corrected chi connectivity index (χ1v) is 48.2. The largest absolute Gasteiger partial charge is 0.0683 e. The first-order valence-electron chi connectivity index (χ1n) is 48.2. The topological polar surface area (TPSA) is 0 Å². The number of rotatable bonds is 5. The van der Waals surface area contributed by atoms with Gasteiger partial charge in [0, 0.05) is 0 Å². The van der Waals surface area contributed by atoms with Crippen LogP contribution in [0.15, 0.2) is 291 Å². The van der Waals surface area contributed by atoms with Gasteiger partial charge in [-0.3, -0.25) is 0 Å². The molecular formula is C119H204. The van der Waals surface area contributed by atoms with Crippen molar-refractivity contribution in [3.05, 3.63) is 325 Å². The molecule has 0 amide bonds. The Morgan fingerprint density at radius 3 is 0.689 bits per heavy atom. The lowest BCUT2D eigenvalue weighted by molar-refractivity contribution is 0.0957. The number of hydrogen-bond donors (Lipinski definition) is 0. The molecule has 12 rings (SSSR count). The van der Waals surface area contributed by atoms with Crippen molar-refractivity contribution in [1.29, 1.82) is 0 Å². The molecule has 119 heavy (non-hydrogen) atoms. The molecule has 0 heterocycles. The smallest absolute Gasteiger partial charge is 0.00258 e. The molecule has 0 nitrogen and oxygen atoms in total. The molecule has 0 radical (unpaired) electrons. The third kappa shape index (κ3) is 97.5. The van der Waals surface area contributed by atoms with Crippen LogP contribution in [-0.4, -0.2) is 0 Å². The summed E-state index contributed by atoms with van der Waals surface area (Å²) in [5.41, 5.74) is 12.8. The highest BCUT2D eigenvalue weighted by Gasteiger charge is 2.34. The van der Waals surface area contributed by atoms with Crippen molar-refractivity contribution >= 4 is 10.8 Å². The Morgan fingerprint density at radius 1 is 0.286 bits per heavy atom. The van der Waals surface area contributed by atoms with Gasteiger partial charge in [-0.2, -0.15) is 0 Å². The van der Waals surface area contributed by atoms with Gasteiger partial charge in [-0.25, -0.2) is 0 Å². The Hall–Kier alpha value is -7.54. The molecule has 1 atom stereocenters. The fraction of sp³-hybridized carbons (Fsp3) is 0.513. The van der Waals surface area contributed by atoms with E-state index in [4.69, 9.17) is 0 Å². The van der Waals surface area contributed by atoms with E-state index in [9.17, 15) is 0 Å². The fourth-order valence-corrected chi connectivity index (χ4v) is 10.5. The average molecular weight is 1630 g/mol. The minimum Gasteiger partial charge on any atom is -0.0683 e. The van der Waals surface area contributed by atoms with Crippen LogP contribution in [0.2, 0.25) is 0 Å². The Labute approximate surface area is 750 Å². The van der Waals surface area contributed by atoms with Crippen LogP contribution in [-0.2, 0) is 18.3 Å². The lowest BCUT2D eigenvalue weighted by atomic mass is 9.63. The van der Waals surface area contributed by atoms with E-state index < -0.39 is 0 Å². The monoisotopic (exact) mass is 1630 g/mol. The van der Waals surface area contributed by atoms with Crippen LogP contribution >= 0.6 is 0 Å². The second kappa shape index (κ2) is 108. The van der Waals surface area contributed by atoms with E-state index in [2.05, 4.69) is 354 Å². The summed E-state index contributed by atoms with van der Waals surface area (Å²) in [5.74, 6) is 1.04. The van der Waals surface area contributed by atoms with E-state index in [0.717, 1.165) is 18.8 Å². The average Bonchev–Trinajstić information content (AvgIpc) is 0.835. The second-order valence-electron chi connectivity index (χ2n) is 28.8. The number of benzene rings is 10. The molecular weight excluding hydrogens is 1430 g/mol. The van der Waals surface area contributed by atoms with Crippen molar-refractivity contribution in [2.75, 3.05) is 0 Å². The summed E-state index contributed by atoms with van der Waals surface area (Å²) in [6.45, 7) is 90.0. The van der Waals surface area contributed by atoms with Crippen molar-refractivity contribution in [2.24, 2.45) is 22.2 Å². The summed E-state index contributed by atoms with van der Waals surface area (Å²) in [5, 5.41) is 2.62. The molecule has 10 aromatic rings. The first-order chi connectivity index (χ1) is 57.5. The Bertz CT molecular complexity index is 3060. The Morgan fingerprint density at radius 2 is 0.513 bits per heavy atom. The lowest BCUT2D eigenvalue weighted by Crippen LogP contribution is -2.30. The minimum absolute atomic E-state index is 0.293. The maximum absolute atomic E-state index is 2.45. The van der Waals surface area contributed by atoms with Gasteiger partial charge in [-0.1, -0.05) is 638 Å². The highest BCUT2D eigenvalue weighted by molar-refractivity contribution is 5.82. The van der Waals surface area contributed by atoms with Crippen LogP contribution in [0.3, 0.4) is 0 Å². The van der Waals surface area contributed by atoms with Crippen molar-refractivity contribution in [3.8, 4) is 11.1 Å². The SMILES string of the molecule is CC.CC.CC.CC.CC.CC.CC.CC.CC.CC.CC.CC.CC.CC(C)(C)C.CC(C)(C)c1ccccc1.CC1CCCCC1.CCC.CCC1(C)CCCC(C)(C)C1.CCc1ccccc1.Cc1ccccc1.Cc1ccccc1.c1ccc(-c2ccccc2)cc1.c1ccc(Cc2ccccc2)cc1.c1ccc2ccccc2c1. The minimum atomic E-state index is 0.293. The summed E-state index contributed by atoms with van der Waals surface area (Å²) in [4.78, 5) is 0. The van der Waals surface area contributed by atoms with E-state index >= 15 is 0 Å². The third-order valence-corrected chi connectivity index (χ3v) is 15.7. The number of fused-ring (bicyclic) bond motifs is 1. The standard InChI is InChI=1S/C13H12.C12H10.C11H22.C10H8.C10H14.C8H10.C7H14.2C7H8.C5H12.C3H8.13C2H6/c1-3-7-12(8-4-1)11-13-9-5-2-6-10-13;1-3-7-11(8-4-1)12-9-5-2-6-10-12;1-5-11(4)8-6-7-10(2,3)9-11;1-2-6-10-8-4-3-7-9(10)5-1;1-10(2,3)9-7-5-4-6-8-9;1-2-8-6-4-3-5-7-8;3*1-7-5-3-2-4-6-7;1-5(2,3)4;1-3-2;13*1-2/h1-10H,11H2;1-10H;5-9H2,1-4H3;1-8H;4-8H,1-3H3;3-7H,2H2,1H3;7H,2-6H2,1H3;2*2-6H,1H3;1-4H3;3H2,1-2H3;13*1-2H3. The van der Waals surface area contributed by atoms with E-state index in [-0.39, 0.29) is 0 Å². The summed E-state index contributed by atoms with van der Waals surface area (Å²) < 4.78 is 0. The molecule has 1 unspecified atom stereocenters.